The summed E-state index contributed by atoms with van der Waals surface area (Å²) < 4.78 is 75.2. The van der Waals surface area contributed by atoms with E-state index in [1.54, 1.807) is 6.92 Å². The van der Waals surface area contributed by atoms with Crippen LogP contribution in [0.5, 0.6) is 11.5 Å². The second kappa shape index (κ2) is 9.93. The van der Waals surface area contributed by atoms with E-state index in [1.165, 1.54) is 22.9 Å². The van der Waals surface area contributed by atoms with Crippen LogP contribution in [0.2, 0.25) is 5.02 Å². The largest absolute Gasteiger partial charge is 0.490 e. The summed E-state index contributed by atoms with van der Waals surface area (Å²) in [6.45, 7) is -0.905. The number of carbonyl (C=O) groups excluding carboxylic acids is 1. The minimum atomic E-state index is -4.64. The van der Waals surface area contributed by atoms with Crippen molar-refractivity contribution < 1.29 is 36.2 Å². The Morgan fingerprint density at radius 3 is 2.62 bits per heavy atom. The summed E-state index contributed by atoms with van der Waals surface area (Å²) >= 11 is 5.94. The SMILES string of the molecule is CCOc1cc(C(=O)NCCCn2nc(C(F)(F)F)c(Cl)c2C2CC2)ccc1OC(F)F. The van der Waals surface area contributed by atoms with Gasteiger partial charge in [0.15, 0.2) is 17.2 Å². The monoisotopic (exact) mass is 481 g/mol. The van der Waals surface area contributed by atoms with Gasteiger partial charge in [-0.3, -0.25) is 9.48 Å². The molecule has 1 aromatic carbocycles. The first-order valence-corrected chi connectivity index (χ1v) is 10.3. The number of nitrogens with zero attached hydrogens (tertiary/aromatic N) is 2. The van der Waals surface area contributed by atoms with E-state index in [0.29, 0.717) is 12.1 Å². The number of nitrogens with one attached hydrogen (secondary N) is 1. The van der Waals surface area contributed by atoms with Gasteiger partial charge in [0.05, 0.1) is 17.3 Å². The maximum atomic E-state index is 13.1. The third-order valence-electron chi connectivity index (χ3n) is 4.72. The van der Waals surface area contributed by atoms with Crippen LogP contribution in [0.4, 0.5) is 22.0 Å². The molecule has 1 fully saturated rings. The Balaban J connectivity index is 1.60. The van der Waals surface area contributed by atoms with Gasteiger partial charge in [0, 0.05) is 24.6 Å². The van der Waals surface area contributed by atoms with Crippen molar-refractivity contribution in [1.82, 2.24) is 15.1 Å². The fraction of sp³-hybridized carbons (Fsp3) is 0.500. The Bertz CT molecular complexity index is 961. The molecule has 0 radical (unpaired) electrons. The molecule has 0 aliphatic heterocycles. The molecule has 2 aromatic rings. The zero-order chi connectivity index (χ0) is 23.5. The molecule has 1 N–H and O–H groups in total. The summed E-state index contributed by atoms with van der Waals surface area (Å²) in [4.78, 5) is 12.4. The molecule has 32 heavy (non-hydrogen) atoms. The fourth-order valence-corrected chi connectivity index (χ4v) is 3.59. The first-order valence-electron chi connectivity index (χ1n) is 9.95. The lowest BCUT2D eigenvalue weighted by Crippen LogP contribution is -2.25. The molecule has 1 amide bonds. The average Bonchev–Trinajstić information content (AvgIpc) is 3.48. The van der Waals surface area contributed by atoms with Gasteiger partial charge in [0.25, 0.3) is 5.91 Å². The van der Waals surface area contributed by atoms with Gasteiger partial charge in [0.2, 0.25) is 0 Å². The van der Waals surface area contributed by atoms with Crippen LogP contribution >= 0.6 is 11.6 Å². The first kappa shape index (κ1) is 24.1. The molecule has 0 bridgehead atoms. The molecular weight excluding hydrogens is 461 g/mol. The van der Waals surface area contributed by atoms with Gasteiger partial charge in [-0.25, -0.2) is 0 Å². The minimum absolute atomic E-state index is 0.000360. The van der Waals surface area contributed by atoms with Crippen molar-refractivity contribution in [3.63, 3.8) is 0 Å². The van der Waals surface area contributed by atoms with E-state index in [4.69, 9.17) is 16.3 Å². The molecule has 176 valence electrons. The van der Waals surface area contributed by atoms with Crippen LogP contribution in [0.1, 0.15) is 53.8 Å². The van der Waals surface area contributed by atoms with Gasteiger partial charge in [-0.1, -0.05) is 11.6 Å². The Morgan fingerprint density at radius 2 is 2.03 bits per heavy atom. The Hall–Kier alpha value is -2.56. The third kappa shape index (κ3) is 5.81. The van der Waals surface area contributed by atoms with Crippen LogP contribution in [0.3, 0.4) is 0 Å². The zero-order valence-corrected chi connectivity index (χ0v) is 17.8. The van der Waals surface area contributed by atoms with Gasteiger partial charge in [-0.2, -0.15) is 27.1 Å². The Morgan fingerprint density at radius 1 is 1.31 bits per heavy atom. The molecular formula is C20H21ClF5N3O3. The second-order valence-corrected chi connectivity index (χ2v) is 7.50. The Kier molecular flexibility index (Phi) is 7.47. The Labute approximate surface area is 185 Å². The number of carbonyl (C=O) groups is 1. The van der Waals surface area contributed by atoms with Crippen LogP contribution in [-0.4, -0.2) is 35.5 Å². The number of hydrogen-bond donors (Lipinski definition) is 1. The number of ether oxygens (including phenoxy) is 2. The normalized spacial score (nSPS) is 14.0. The summed E-state index contributed by atoms with van der Waals surface area (Å²) in [7, 11) is 0. The lowest BCUT2D eigenvalue weighted by Gasteiger charge is -2.13. The molecule has 1 aliphatic carbocycles. The summed E-state index contributed by atoms with van der Waals surface area (Å²) in [6.07, 6.45) is -2.82. The van der Waals surface area contributed by atoms with Crippen molar-refractivity contribution in [2.75, 3.05) is 13.2 Å². The smallest absolute Gasteiger partial charge is 0.436 e. The predicted octanol–water partition coefficient (Wildman–Crippen LogP) is 5.25. The number of aromatic nitrogens is 2. The zero-order valence-electron chi connectivity index (χ0n) is 17.0. The van der Waals surface area contributed by atoms with E-state index < -0.39 is 24.4 Å². The summed E-state index contributed by atoms with van der Waals surface area (Å²) in [5, 5.41) is 5.91. The van der Waals surface area contributed by atoms with Gasteiger partial charge < -0.3 is 14.8 Å². The predicted molar refractivity (Wildman–Crippen MR) is 105 cm³/mol. The highest BCUT2D eigenvalue weighted by Gasteiger charge is 2.41. The summed E-state index contributed by atoms with van der Waals surface area (Å²) in [5.41, 5.74) is -0.559. The third-order valence-corrected chi connectivity index (χ3v) is 5.09. The molecule has 1 aliphatic rings. The highest BCUT2D eigenvalue weighted by Crippen LogP contribution is 2.46. The van der Waals surface area contributed by atoms with Crippen LogP contribution in [0, 0.1) is 0 Å². The number of amides is 1. The van der Waals surface area contributed by atoms with Gasteiger partial charge in [0.1, 0.15) is 0 Å². The van der Waals surface area contributed by atoms with Crippen LogP contribution in [0.15, 0.2) is 18.2 Å². The quantitative estimate of drug-likeness (QED) is 0.372. The number of aryl methyl sites for hydroxylation is 1. The fourth-order valence-electron chi connectivity index (χ4n) is 3.20. The van der Waals surface area contributed by atoms with Crippen molar-refractivity contribution in [1.29, 1.82) is 0 Å². The van der Waals surface area contributed by atoms with Crippen LogP contribution in [-0.2, 0) is 12.7 Å². The molecule has 0 unspecified atom stereocenters. The number of hydrogen-bond acceptors (Lipinski definition) is 4. The topological polar surface area (TPSA) is 65.4 Å². The lowest BCUT2D eigenvalue weighted by atomic mass is 10.2. The van der Waals surface area contributed by atoms with Crippen LogP contribution in [0.25, 0.3) is 0 Å². The molecule has 12 heteroatoms. The molecule has 1 saturated carbocycles. The average molecular weight is 482 g/mol. The highest BCUT2D eigenvalue weighted by molar-refractivity contribution is 6.32. The maximum absolute atomic E-state index is 13.1. The summed E-state index contributed by atoms with van der Waals surface area (Å²) in [6, 6.07) is 3.80. The van der Waals surface area contributed by atoms with Crippen molar-refractivity contribution in [3.8, 4) is 11.5 Å². The van der Waals surface area contributed by atoms with Crippen molar-refractivity contribution in [2.45, 2.75) is 51.4 Å². The number of halogens is 6. The molecule has 1 heterocycles. The van der Waals surface area contributed by atoms with Gasteiger partial charge in [-0.15, -0.1) is 0 Å². The first-order chi connectivity index (χ1) is 15.1. The van der Waals surface area contributed by atoms with E-state index in [9.17, 15) is 26.7 Å². The summed E-state index contributed by atoms with van der Waals surface area (Å²) in [5.74, 6) is -0.722. The molecule has 0 saturated heterocycles. The molecule has 3 rings (SSSR count). The number of rotatable bonds is 10. The lowest BCUT2D eigenvalue weighted by molar-refractivity contribution is -0.141. The maximum Gasteiger partial charge on any atom is 0.436 e. The molecule has 1 aromatic heterocycles. The van der Waals surface area contributed by atoms with Gasteiger partial charge in [-0.05, 0) is 44.4 Å². The molecule has 0 atom stereocenters. The van der Waals surface area contributed by atoms with E-state index >= 15 is 0 Å². The van der Waals surface area contributed by atoms with E-state index in [-0.39, 0.29) is 47.7 Å². The van der Waals surface area contributed by atoms with Gasteiger partial charge >= 0.3 is 12.8 Å². The molecule has 0 spiro atoms. The van der Waals surface area contributed by atoms with E-state index in [1.807, 2.05) is 0 Å². The van der Waals surface area contributed by atoms with Crippen molar-refractivity contribution in [2.24, 2.45) is 0 Å². The van der Waals surface area contributed by atoms with E-state index in [2.05, 4.69) is 15.2 Å². The van der Waals surface area contributed by atoms with Crippen molar-refractivity contribution in [3.05, 3.63) is 40.2 Å². The minimum Gasteiger partial charge on any atom is -0.490 e. The number of alkyl halides is 5. The van der Waals surface area contributed by atoms with E-state index in [0.717, 1.165) is 12.8 Å². The van der Waals surface area contributed by atoms with Crippen LogP contribution < -0.4 is 14.8 Å². The molecule has 6 nitrogen and oxygen atoms in total. The van der Waals surface area contributed by atoms with Crippen molar-refractivity contribution >= 4 is 17.5 Å². The highest BCUT2D eigenvalue weighted by atomic mass is 35.5. The number of benzene rings is 1. The second-order valence-electron chi connectivity index (χ2n) is 7.13. The standard InChI is InChI=1S/C20H21ClF5N3O3/c1-2-31-14-10-12(6-7-13(14)32-19(22)23)18(30)27-8-3-9-29-16(11-4-5-11)15(21)17(28-29)20(24,25)26/h6-7,10-11,19H,2-5,8-9H2,1H3,(H,27,30).